The number of nitrogens with zero attached hydrogens (tertiary/aromatic N) is 2. The van der Waals surface area contributed by atoms with Gasteiger partial charge in [0, 0.05) is 10.4 Å². The minimum absolute atomic E-state index is 0.0955. The van der Waals surface area contributed by atoms with Crippen molar-refractivity contribution >= 4 is 32.0 Å². The fourth-order valence-electron chi connectivity index (χ4n) is 1.58. The Bertz CT molecular complexity index is 709. The number of halogens is 1. The minimum Gasteiger partial charge on any atom is -0.407 e. The van der Waals surface area contributed by atoms with E-state index in [2.05, 4.69) is 30.8 Å². The second kappa shape index (κ2) is 4.61. The molecular weight excluding hydrogens is 334 g/mol. The van der Waals surface area contributed by atoms with Gasteiger partial charge >= 0.3 is 6.01 Å². The van der Waals surface area contributed by atoms with Crippen LogP contribution in [0.15, 0.2) is 38.1 Å². The lowest BCUT2D eigenvalue weighted by Gasteiger charge is -2.03. The Balaban J connectivity index is 1.84. The minimum atomic E-state index is -3.70. The summed E-state index contributed by atoms with van der Waals surface area (Å²) in [5.41, 5.74) is 0. The second-order valence-corrected chi connectivity index (χ2v) is 6.88. The lowest BCUT2D eigenvalue weighted by atomic mass is 10.4. The summed E-state index contributed by atoms with van der Waals surface area (Å²) in [4.78, 5) is 0.132. The number of aromatic nitrogens is 2. The maximum Gasteiger partial charge on any atom is 0.329 e. The van der Waals surface area contributed by atoms with Gasteiger partial charge in [-0.1, -0.05) is 27.1 Å². The van der Waals surface area contributed by atoms with Crippen molar-refractivity contribution in [3.63, 3.8) is 0 Å². The first-order valence-electron chi connectivity index (χ1n) is 5.66. The van der Waals surface area contributed by atoms with Crippen molar-refractivity contribution in [2.45, 2.75) is 23.7 Å². The van der Waals surface area contributed by atoms with Crippen molar-refractivity contribution in [2.75, 3.05) is 4.72 Å². The average Bonchev–Trinajstić information content (AvgIpc) is 3.11. The molecule has 8 heteroatoms. The Kier molecular flexibility index (Phi) is 3.06. The topological polar surface area (TPSA) is 85.1 Å². The van der Waals surface area contributed by atoms with E-state index in [1.165, 1.54) is 12.1 Å². The van der Waals surface area contributed by atoms with Crippen LogP contribution in [-0.4, -0.2) is 18.6 Å². The second-order valence-electron chi connectivity index (χ2n) is 4.28. The van der Waals surface area contributed by atoms with Gasteiger partial charge in [0.1, 0.15) is 0 Å². The van der Waals surface area contributed by atoms with Crippen LogP contribution in [0, 0.1) is 0 Å². The Labute approximate surface area is 118 Å². The van der Waals surface area contributed by atoms with Crippen LogP contribution in [0.4, 0.5) is 6.01 Å². The molecule has 1 fully saturated rings. The third-order valence-electron chi connectivity index (χ3n) is 2.70. The quantitative estimate of drug-likeness (QED) is 0.921. The van der Waals surface area contributed by atoms with Crippen LogP contribution in [0.5, 0.6) is 0 Å². The molecule has 3 rings (SSSR count). The molecule has 19 heavy (non-hydrogen) atoms. The Morgan fingerprint density at radius 3 is 2.79 bits per heavy atom. The number of rotatable bonds is 4. The first-order chi connectivity index (χ1) is 9.04. The highest BCUT2D eigenvalue weighted by atomic mass is 79.9. The first-order valence-corrected chi connectivity index (χ1v) is 7.94. The van der Waals surface area contributed by atoms with E-state index < -0.39 is 10.0 Å². The molecule has 1 aromatic carbocycles. The molecule has 1 aromatic heterocycles. The summed E-state index contributed by atoms with van der Waals surface area (Å²) in [5.74, 6) is 0.781. The van der Waals surface area contributed by atoms with E-state index in [9.17, 15) is 8.42 Å². The van der Waals surface area contributed by atoms with Crippen molar-refractivity contribution in [3.05, 3.63) is 34.6 Å². The molecule has 0 unspecified atom stereocenters. The van der Waals surface area contributed by atoms with E-state index >= 15 is 0 Å². The highest BCUT2D eigenvalue weighted by molar-refractivity contribution is 9.10. The monoisotopic (exact) mass is 343 g/mol. The van der Waals surface area contributed by atoms with Crippen LogP contribution in [0.1, 0.15) is 24.7 Å². The largest absolute Gasteiger partial charge is 0.407 e. The molecule has 0 atom stereocenters. The number of hydrogen-bond donors (Lipinski definition) is 1. The van der Waals surface area contributed by atoms with Crippen molar-refractivity contribution in [1.29, 1.82) is 0 Å². The molecule has 2 aromatic rings. The van der Waals surface area contributed by atoms with Crippen LogP contribution >= 0.6 is 15.9 Å². The number of benzene rings is 1. The smallest absolute Gasteiger partial charge is 0.329 e. The molecule has 0 saturated heterocycles. The summed E-state index contributed by atoms with van der Waals surface area (Å²) in [6, 6.07) is 6.28. The lowest BCUT2D eigenvalue weighted by Crippen LogP contribution is -2.13. The van der Waals surface area contributed by atoms with Crippen LogP contribution in [0.2, 0.25) is 0 Å². The summed E-state index contributed by atoms with van der Waals surface area (Å²) >= 11 is 3.23. The molecule has 6 nitrogen and oxygen atoms in total. The molecule has 1 saturated carbocycles. The highest BCUT2D eigenvalue weighted by Crippen LogP contribution is 2.39. The first kappa shape index (κ1) is 12.6. The van der Waals surface area contributed by atoms with Gasteiger partial charge in [0.25, 0.3) is 10.0 Å². The zero-order chi connectivity index (χ0) is 13.5. The van der Waals surface area contributed by atoms with Crippen LogP contribution in [0.25, 0.3) is 0 Å². The van der Waals surface area contributed by atoms with Gasteiger partial charge in [0.05, 0.1) is 4.90 Å². The number of sulfonamides is 1. The van der Waals surface area contributed by atoms with E-state index in [1.54, 1.807) is 12.1 Å². The van der Waals surface area contributed by atoms with Gasteiger partial charge in [0.2, 0.25) is 5.89 Å². The van der Waals surface area contributed by atoms with Gasteiger partial charge in [-0.2, -0.15) is 0 Å². The predicted octanol–water partition coefficient (Wildman–Crippen LogP) is 2.51. The molecule has 1 N–H and O–H groups in total. The predicted molar refractivity (Wildman–Crippen MR) is 71.2 cm³/mol. The van der Waals surface area contributed by atoms with Gasteiger partial charge in [-0.15, -0.1) is 5.10 Å². The molecule has 0 radical (unpaired) electrons. The van der Waals surface area contributed by atoms with E-state index in [0.29, 0.717) is 10.4 Å². The molecule has 0 aliphatic heterocycles. The molecule has 1 aliphatic carbocycles. The molecule has 0 spiro atoms. The van der Waals surface area contributed by atoms with Crippen molar-refractivity contribution in [2.24, 2.45) is 0 Å². The maximum absolute atomic E-state index is 12.1. The van der Waals surface area contributed by atoms with Crippen LogP contribution in [-0.2, 0) is 10.0 Å². The fourth-order valence-corrected chi connectivity index (χ4v) is 3.10. The Morgan fingerprint density at radius 2 is 2.11 bits per heavy atom. The van der Waals surface area contributed by atoms with E-state index in [4.69, 9.17) is 4.42 Å². The van der Waals surface area contributed by atoms with E-state index in [1.807, 2.05) is 0 Å². The molecule has 0 bridgehead atoms. The van der Waals surface area contributed by atoms with Gasteiger partial charge in [-0.05, 0) is 31.0 Å². The van der Waals surface area contributed by atoms with Crippen molar-refractivity contribution < 1.29 is 12.8 Å². The Hall–Kier alpha value is -1.41. The van der Waals surface area contributed by atoms with Crippen LogP contribution in [0.3, 0.4) is 0 Å². The zero-order valence-corrected chi connectivity index (χ0v) is 12.1. The number of nitrogens with one attached hydrogen (secondary N) is 1. The average molecular weight is 344 g/mol. The standard InChI is InChI=1S/C11H10BrN3O3S/c12-8-2-1-3-9(6-8)19(16,17)15-11-14-13-10(18-11)7-4-5-7/h1-3,6-7H,4-5H2,(H,14,15). The summed E-state index contributed by atoms with van der Waals surface area (Å²) < 4.78 is 32.4. The summed E-state index contributed by atoms with van der Waals surface area (Å²) in [7, 11) is -3.70. The van der Waals surface area contributed by atoms with E-state index in [-0.39, 0.29) is 16.8 Å². The number of anilines is 1. The molecule has 100 valence electrons. The van der Waals surface area contributed by atoms with Gasteiger partial charge < -0.3 is 4.42 Å². The molecular formula is C11H10BrN3O3S. The third-order valence-corrected chi connectivity index (χ3v) is 4.51. The summed E-state index contributed by atoms with van der Waals surface area (Å²) in [6.45, 7) is 0. The third kappa shape index (κ3) is 2.79. The van der Waals surface area contributed by atoms with Gasteiger partial charge in [0.15, 0.2) is 0 Å². The summed E-state index contributed by atoms with van der Waals surface area (Å²) in [6.07, 6.45) is 2.03. The zero-order valence-electron chi connectivity index (χ0n) is 9.71. The Morgan fingerprint density at radius 1 is 1.32 bits per heavy atom. The van der Waals surface area contributed by atoms with Gasteiger partial charge in [-0.3, -0.25) is 0 Å². The highest BCUT2D eigenvalue weighted by Gasteiger charge is 2.30. The summed E-state index contributed by atoms with van der Waals surface area (Å²) in [5, 5.41) is 7.51. The fraction of sp³-hybridized carbons (Fsp3) is 0.273. The van der Waals surface area contributed by atoms with Gasteiger partial charge in [-0.25, -0.2) is 13.1 Å². The normalized spacial score (nSPS) is 15.4. The molecule has 1 aliphatic rings. The SMILES string of the molecule is O=S(=O)(Nc1nnc(C2CC2)o1)c1cccc(Br)c1. The van der Waals surface area contributed by atoms with Crippen molar-refractivity contribution in [1.82, 2.24) is 10.2 Å². The van der Waals surface area contributed by atoms with E-state index in [0.717, 1.165) is 12.8 Å². The van der Waals surface area contributed by atoms with Crippen LogP contribution < -0.4 is 4.72 Å². The molecule has 0 amide bonds. The lowest BCUT2D eigenvalue weighted by molar-refractivity contribution is 0.510. The number of hydrogen-bond acceptors (Lipinski definition) is 5. The van der Waals surface area contributed by atoms with Crippen molar-refractivity contribution in [3.8, 4) is 0 Å². The molecule has 1 heterocycles. The maximum atomic E-state index is 12.1.